The Balaban J connectivity index is 0.000000500. The van der Waals surface area contributed by atoms with Gasteiger partial charge < -0.3 is 9.97 Å². The molecule has 0 spiro atoms. The van der Waals surface area contributed by atoms with E-state index in [-0.39, 0.29) is 29.6 Å². The van der Waals surface area contributed by atoms with Crippen LogP contribution in [-0.4, -0.2) is 9.97 Å². The van der Waals surface area contributed by atoms with Crippen molar-refractivity contribution >= 4 is 11.0 Å². The van der Waals surface area contributed by atoms with Crippen LogP contribution in [0.1, 0.15) is 0 Å². The van der Waals surface area contributed by atoms with E-state index < -0.39 is 0 Å². The summed E-state index contributed by atoms with van der Waals surface area (Å²) < 4.78 is 0. The number of aromatic nitrogens is 2. The number of aromatic amines is 1. The molecule has 0 unspecified atom stereocenters. The van der Waals surface area contributed by atoms with E-state index in [1.807, 2.05) is 24.3 Å². The van der Waals surface area contributed by atoms with Gasteiger partial charge in [0.05, 0.1) is 0 Å². The molecule has 2 rings (SSSR count). The average molecular weight is 140 g/mol. The minimum absolute atomic E-state index is 0. The van der Waals surface area contributed by atoms with E-state index in [1.54, 1.807) is 0 Å². The van der Waals surface area contributed by atoms with Crippen molar-refractivity contribution in [3.05, 3.63) is 30.6 Å². The predicted octanol–water partition coefficient (Wildman–Crippen LogP) is -1.63. The van der Waals surface area contributed by atoms with Crippen molar-refractivity contribution in [2.45, 2.75) is 0 Å². The van der Waals surface area contributed by atoms with E-state index in [9.17, 15) is 0 Å². The van der Waals surface area contributed by atoms with Crippen molar-refractivity contribution in [2.75, 3.05) is 0 Å². The fourth-order valence-electron chi connectivity index (χ4n) is 0.825. The summed E-state index contributed by atoms with van der Waals surface area (Å²) in [4.78, 5) is 6.82. The number of hydrogen-bond acceptors (Lipinski definition) is 1. The van der Waals surface area contributed by atoms with Crippen LogP contribution in [0.5, 0.6) is 0 Å². The summed E-state index contributed by atoms with van der Waals surface area (Å²) in [7, 11) is 0. The van der Waals surface area contributed by atoms with Crippen LogP contribution >= 0.6 is 0 Å². The second-order valence-electron chi connectivity index (χ2n) is 1.87. The summed E-state index contributed by atoms with van der Waals surface area (Å²) in [6.45, 7) is 0. The monoisotopic (exact) mass is 140 g/mol. The molecular weight excluding hydrogens is 135 g/mol. The number of benzene rings is 1. The largest absolute Gasteiger partial charge is 1.00 e. The topological polar surface area (TPSA) is 28.7 Å². The second kappa shape index (κ2) is 3.19. The Kier molecular flexibility index (Phi) is 2.49. The Labute approximate surface area is 81.0 Å². The van der Waals surface area contributed by atoms with Crippen molar-refractivity contribution in [1.82, 2.24) is 9.97 Å². The molecule has 2 aromatic rings. The summed E-state index contributed by atoms with van der Waals surface area (Å²) in [5.74, 6) is 0. The van der Waals surface area contributed by atoms with Crippen molar-refractivity contribution in [2.24, 2.45) is 0 Å². The molecule has 1 aromatic carbocycles. The molecule has 3 heteroatoms. The molecule has 0 aliphatic carbocycles. The minimum Gasteiger partial charge on any atom is -0.461 e. The summed E-state index contributed by atoms with van der Waals surface area (Å²) in [5.41, 5.74) is 2.01. The number of hydrogen-bond donors (Lipinski definition) is 1. The third-order valence-corrected chi connectivity index (χ3v) is 1.27. The number of rotatable bonds is 0. The van der Waals surface area contributed by atoms with Crippen LogP contribution in [0, 0.1) is 6.33 Å². The standard InChI is InChI=1S/C7H5N2.Na/c1-2-4-7-6(3-1)8-5-9-7;/h1-4H,(H,8,9);/q-1;+1. The molecule has 0 aliphatic heterocycles. The Hall–Kier alpha value is -0.310. The number of H-pyrrole nitrogens is 1. The molecule has 0 amide bonds. The van der Waals surface area contributed by atoms with Gasteiger partial charge in [-0.05, 0) is 6.33 Å². The van der Waals surface area contributed by atoms with Gasteiger partial charge in [-0.25, -0.2) is 0 Å². The zero-order valence-electron chi connectivity index (χ0n) is 5.76. The van der Waals surface area contributed by atoms with E-state index >= 15 is 0 Å². The first-order valence-corrected chi connectivity index (χ1v) is 2.77. The zero-order valence-corrected chi connectivity index (χ0v) is 7.76. The van der Waals surface area contributed by atoms with Gasteiger partial charge in [0, 0.05) is 0 Å². The first kappa shape index (κ1) is 7.79. The summed E-state index contributed by atoms with van der Waals surface area (Å²) in [5, 5.41) is 0. The van der Waals surface area contributed by atoms with Gasteiger partial charge in [0.15, 0.2) is 0 Å². The Bertz CT molecular complexity index is 286. The molecule has 44 valence electrons. The van der Waals surface area contributed by atoms with Gasteiger partial charge in [-0.2, -0.15) is 0 Å². The van der Waals surface area contributed by atoms with Crippen LogP contribution in [0.25, 0.3) is 11.0 Å². The maximum atomic E-state index is 3.94. The number of fused-ring (bicyclic) bond motifs is 1. The van der Waals surface area contributed by atoms with E-state index in [1.165, 1.54) is 0 Å². The molecular formula is C7H5N2Na. The summed E-state index contributed by atoms with van der Waals surface area (Å²) in [6, 6.07) is 7.84. The smallest absolute Gasteiger partial charge is 0.461 e. The molecule has 0 atom stereocenters. The molecule has 0 radical (unpaired) electrons. The van der Waals surface area contributed by atoms with Crippen LogP contribution in [-0.2, 0) is 0 Å². The van der Waals surface area contributed by atoms with Crippen molar-refractivity contribution < 1.29 is 29.6 Å². The van der Waals surface area contributed by atoms with Gasteiger partial charge in [-0.15, -0.1) is 12.1 Å². The van der Waals surface area contributed by atoms with Crippen LogP contribution in [0.15, 0.2) is 24.3 Å². The molecule has 2 nitrogen and oxygen atoms in total. The van der Waals surface area contributed by atoms with E-state index in [4.69, 9.17) is 0 Å². The second-order valence-corrected chi connectivity index (χ2v) is 1.87. The number of nitrogens with zero attached hydrogens (tertiary/aromatic N) is 1. The molecule has 0 bridgehead atoms. The molecule has 1 N–H and O–H groups in total. The summed E-state index contributed by atoms with van der Waals surface area (Å²) in [6.07, 6.45) is 2.66. The van der Waals surface area contributed by atoms with Crippen LogP contribution in [0.2, 0.25) is 0 Å². The molecule has 10 heavy (non-hydrogen) atoms. The Morgan fingerprint density at radius 2 is 2.10 bits per heavy atom. The fourth-order valence-corrected chi connectivity index (χ4v) is 0.825. The zero-order chi connectivity index (χ0) is 6.10. The number of nitrogens with one attached hydrogen (secondary N) is 1. The maximum Gasteiger partial charge on any atom is 1.00 e. The predicted molar refractivity (Wildman–Crippen MR) is 34.9 cm³/mol. The Morgan fingerprint density at radius 3 is 2.90 bits per heavy atom. The van der Waals surface area contributed by atoms with E-state index in [0.29, 0.717) is 0 Å². The van der Waals surface area contributed by atoms with Crippen LogP contribution in [0.3, 0.4) is 0 Å². The fraction of sp³-hybridized carbons (Fsp3) is 0. The molecule has 1 heterocycles. The van der Waals surface area contributed by atoms with Gasteiger partial charge in [-0.1, -0.05) is 23.2 Å². The van der Waals surface area contributed by atoms with E-state index in [2.05, 4.69) is 16.3 Å². The van der Waals surface area contributed by atoms with Crippen LogP contribution in [0.4, 0.5) is 0 Å². The quantitative estimate of drug-likeness (QED) is 0.345. The van der Waals surface area contributed by atoms with Gasteiger partial charge in [-0.3, -0.25) is 0 Å². The SMILES string of the molecule is [Na+].[c-]1nc2ccccc2[nH]1. The molecule has 0 saturated carbocycles. The minimum atomic E-state index is 0. The molecule has 0 aliphatic rings. The summed E-state index contributed by atoms with van der Waals surface area (Å²) >= 11 is 0. The van der Waals surface area contributed by atoms with Gasteiger partial charge >= 0.3 is 29.6 Å². The molecule has 0 saturated heterocycles. The third kappa shape index (κ3) is 1.24. The third-order valence-electron chi connectivity index (χ3n) is 1.27. The first-order valence-electron chi connectivity index (χ1n) is 2.77. The van der Waals surface area contributed by atoms with E-state index in [0.717, 1.165) is 11.0 Å². The molecule has 1 aromatic heterocycles. The van der Waals surface area contributed by atoms with Gasteiger partial charge in [0.2, 0.25) is 0 Å². The maximum absolute atomic E-state index is 3.94. The number of imidazole rings is 1. The van der Waals surface area contributed by atoms with Gasteiger partial charge in [0.25, 0.3) is 0 Å². The normalized spacial score (nSPS) is 9.20. The first-order chi connectivity index (χ1) is 4.47. The van der Waals surface area contributed by atoms with Crippen molar-refractivity contribution in [1.29, 1.82) is 0 Å². The number of para-hydroxylation sites is 2. The van der Waals surface area contributed by atoms with Crippen molar-refractivity contribution in [3.8, 4) is 0 Å². The van der Waals surface area contributed by atoms with Crippen molar-refractivity contribution in [3.63, 3.8) is 0 Å². The molecule has 0 fully saturated rings. The average Bonchev–Trinajstić information content (AvgIpc) is 2.33. The van der Waals surface area contributed by atoms with Gasteiger partial charge in [0.1, 0.15) is 0 Å². The Morgan fingerprint density at radius 1 is 1.30 bits per heavy atom. The van der Waals surface area contributed by atoms with Crippen LogP contribution < -0.4 is 29.6 Å².